The summed E-state index contributed by atoms with van der Waals surface area (Å²) in [4.78, 5) is 0. The Balaban J connectivity index is 0.944. The van der Waals surface area contributed by atoms with Crippen molar-refractivity contribution in [3.63, 3.8) is 0 Å². The Bertz CT molecular complexity index is 3710. The van der Waals surface area contributed by atoms with E-state index in [-0.39, 0.29) is 5.41 Å². The average Bonchev–Trinajstić information content (AvgIpc) is 3.88. The van der Waals surface area contributed by atoms with Gasteiger partial charge in [-0.15, -0.1) is 0 Å². The topological polar surface area (TPSA) is 9.86 Å². The van der Waals surface area contributed by atoms with Crippen LogP contribution in [-0.4, -0.2) is 9.13 Å². The van der Waals surface area contributed by atoms with Crippen LogP contribution in [0.5, 0.6) is 0 Å². The van der Waals surface area contributed by atoms with Crippen molar-refractivity contribution in [1.82, 2.24) is 9.13 Å². The highest BCUT2D eigenvalue weighted by molar-refractivity contribution is 6.25. The van der Waals surface area contributed by atoms with E-state index in [0.717, 1.165) is 0 Å². The largest absolute Gasteiger partial charge is 0.309 e. The molecular formula is C57H38N2. The number of fused-ring (bicyclic) bond motifs is 15. The molecule has 0 fully saturated rings. The van der Waals surface area contributed by atoms with E-state index >= 15 is 0 Å². The smallest absolute Gasteiger partial charge is 0.0544 e. The normalized spacial score (nSPS) is 13.4. The van der Waals surface area contributed by atoms with Gasteiger partial charge in [0, 0.05) is 38.3 Å². The zero-order chi connectivity index (χ0) is 39.0. The molecule has 2 heteroatoms. The van der Waals surface area contributed by atoms with Crippen LogP contribution in [0.4, 0.5) is 0 Å². The van der Waals surface area contributed by atoms with Crippen LogP contribution in [0.15, 0.2) is 194 Å². The maximum absolute atomic E-state index is 2.46. The second kappa shape index (κ2) is 11.8. The van der Waals surface area contributed by atoms with E-state index in [4.69, 9.17) is 0 Å². The second-order valence-corrected chi connectivity index (χ2v) is 16.9. The van der Waals surface area contributed by atoms with Gasteiger partial charge in [-0.05, 0) is 126 Å². The molecule has 10 aromatic carbocycles. The predicted molar refractivity (Wildman–Crippen MR) is 251 cm³/mol. The molecule has 0 aliphatic heterocycles. The Hall–Kier alpha value is -7.42. The van der Waals surface area contributed by atoms with Gasteiger partial charge in [0.2, 0.25) is 0 Å². The molecule has 13 rings (SSSR count). The number of rotatable bonds is 3. The third kappa shape index (κ3) is 4.46. The lowest BCUT2D eigenvalue weighted by Gasteiger charge is -2.21. The number of para-hydroxylation sites is 2. The molecule has 59 heavy (non-hydrogen) atoms. The molecule has 0 atom stereocenters. The van der Waals surface area contributed by atoms with E-state index in [9.17, 15) is 0 Å². The Labute approximate surface area is 341 Å². The van der Waals surface area contributed by atoms with Crippen molar-refractivity contribution in [1.29, 1.82) is 0 Å². The number of nitrogens with zero attached hydrogens (tertiary/aromatic N) is 2. The van der Waals surface area contributed by atoms with E-state index in [1.165, 1.54) is 121 Å². The first-order chi connectivity index (χ1) is 29.0. The summed E-state index contributed by atoms with van der Waals surface area (Å²) in [5, 5.41) is 12.8. The van der Waals surface area contributed by atoms with Gasteiger partial charge in [0.15, 0.2) is 0 Å². The predicted octanol–water partition coefficient (Wildman–Crippen LogP) is 15.3. The highest BCUT2D eigenvalue weighted by atomic mass is 15.0. The van der Waals surface area contributed by atoms with Gasteiger partial charge in [-0.3, -0.25) is 0 Å². The first-order valence-electron chi connectivity index (χ1n) is 20.7. The van der Waals surface area contributed by atoms with Crippen LogP contribution in [0.3, 0.4) is 0 Å². The summed E-state index contributed by atoms with van der Waals surface area (Å²) in [6, 6.07) is 72.3. The van der Waals surface area contributed by atoms with Crippen molar-refractivity contribution in [2.24, 2.45) is 0 Å². The number of hydrogen-bond acceptors (Lipinski definition) is 0. The van der Waals surface area contributed by atoms with Crippen LogP contribution in [0.1, 0.15) is 25.0 Å². The van der Waals surface area contributed by atoms with Gasteiger partial charge in [0.25, 0.3) is 0 Å². The van der Waals surface area contributed by atoms with E-state index in [1.807, 2.05) is 0 Å². The van der Waals surface area contributed by atoms with Crippen molar-refractivity contribution in [3.05, 3.63) is 205 Å². The van der Waals surface area contributed by atoms with Crippen molar-refractivity contribution in [2.45, 2.75) is 19.3 Å². The first kappa shape index (κ1) is 32.6. The minimum absolute atomic E-state index is 0.0649. The number of benzene rings is 10. The Morgan fingerprint density at radius 1 is 0.288 bits per heavy atom. The average molecular weight is 751 g/mol. The molecule has 2 aromatic heterocycles. The summed E-state index contributed by atoms with van der Waals surface area (Å²) in [7, 11) is 0. The molecule has 1 aliphatic carbocycles. The quantitative estimate of drug-likeness (QED) is 0.159. The van der Waals surface area contributed by atoms with Gasteiger partial charge >= 0.3 is 0 Å². The lowest BCUT2D eigenvalue weighted by atomic mass is 9.82. The van der Waals surface area contributed by atoms with Gasteiger partial charge in [0.05, 0.1) is 22.1 Å². The van der Waals surface area contributed by atoms with Crippen molar-refractivity contribution in [3.8, 4) is 33.6 Å². The summed E-state index contributed by atoms with van der Waals surface area (Å²) >= 11 is 0. The summed E-state index contributed by atoms with van der Waals surface area (Å²) < 4.78 is 4.90. The summed E-state index contributed by atoms with van der Waals surface area (Å²) in [5.74, 6) is 0. The summed E-state index contributed by atoms with van der Waals surface area (Å²) in [5.41, 5.74) is 15.1. The van der Waals surface area contributed by atoms with Crippen LogP contribution in [0, 0.1) is 0 Å². The first-order valence-corrected chi connectivity index (χ1v) is 20.7. The number of aromatic nitrogens is 2. The fraction of sp³-hybridized carbons (Fsp3) is 0.0526. The molecule has 0 amide bonds. The zero-order valence-corrected chi connectivity index (χ0v) is 32.9. The van der Waals surface area contributed by atoms with E-state index < -0.39 is 0 Å². The summed E-state index contributed by atoms with van der Waals surface area (Å²) in [6.45, 7) is 4.73. The van der Waals surface area contributed by atoms with Crippen LogP contribution in [0.2, 0.25) is 0 Å². The molecule has 0 radical (unpaired) electrons. The molecule has 0 saturated carbocycles. The maximum atomic E-state index is 2.46. The molecule has 0 unspecified atom stereocenters. The maximum Gasteiger partial charge on any atom is 0.0544 e. The van der Waals surface area contributed by atoms with Crippen molar-refractivity contribution in [2.75, 3.05) is 0 Å². The molecule has 0 N–H and O–H groups in total. The SMILES string of the molecule is CC1(C)c2ccccc2-c2cc3c4ccccc4n(-c4ccc(-c5ccc6c(c5)c5ccccc5n6-c5ccc6c7ccccc7c7ccccc7c6c5)cc4)c3cc21. The Kier molecular flexibility index (Phi) is 6.54. The molecule has 12 aromatic rings. The minimum Gasteiger partial charge on any atom is -0.309 e. The van der Waals surface area contributed by atoms with Gasteiger partial charge in [-0.25, -0.2) is 0 Å². The van der Waals surface area contributed by atoms with Crippen LogP contribution >= 0.6 is 0 Å². The van der Waals surface area contributed by atoms with Crippen LogP contribution in [-0.2, 0) is 5.41 Å². The monoisotopic (exact) mass is 750 g/mol. The Morgan fingerprint density at radius 3 is 1.46 bits per heavy atom. The van der Waals surface area contributed by atoms with E-state index in [2.05, 4.69) is 217 Å². The van der Waals surface area contributed by atoms with Gasteiger partial charge in [-0.2, -0.15) is 0 Å². The second-order valence-electron chi connectivity index (χ2n) is 16.9. The molecule has 2 nitrogen and oxygen atoms in total. The zero-order valence-electron chi connectivity index (χ0n) is 32.9. The van der Waals surface area contributed by atoms with Crippen LogP contribution in [0.25, 0.3) is 110 Å². The molecule has 0 bridgehead atoms. The fourth-order valence-corrected chi connectivity index (χ4v) is 10.7. The molecule has 0 saturated heterocycles. The van der Waals surface area contributed by atoms with E-state index in [0.29, 0.717) is 0 Å². The highest BCUT2D eigenvalue weighted by Crippen LogP contribution is 2.51. The molecular weight excluding hydrogens is 713 g/mol. The van der Waals surface area contributed by atoms with Gasteiger partial charge < -0.3 is 9.13 Å². The Morgan fingerprint density at radius 2 is 0.780 bits per heavy atom. The lowest BCUT2D eigenvalue weighted by molar-refractivity contribution is 0.661. The third-order valence-corrected chi connectivity index (χ3v) is 13.5. The van der Waals surface area contributed by atoms with Gasteiger partial charge in [-0.1, -0.05) is 147 Å². The molecule has 1 aliphatic rings. The minimum atomic E-state index is -0.0649. The van der Waals surface area contributed by atoms with Gasteiger partial charge in [0.1, 0.15) is 0 Å². The van der Waals surface area contributed by atoms with Crippen molar-refractivity contribution < 1.29 is 0 Å². The fourth-order valence-electron chi connectivity index (χ4n) is 10.7. The third-order valence-electron chi connectivity index (χ3n) is 13.5. The highest BCUT2D eigenvalue weighted by Gasteiger charge is 2.36. The molecule has 0 spiro atoms. The lowest BCUT2D eigenvalue weighted by Crippen LogP contribution is -2.14. The number of hydrogen-bond donors (Lipinski definition) is 0. The molecule has 276 valence electrons. The van der Waals surface area contributed by atoms with E-state index in [1.54, 1.807) is 0 Å². The molecule has 2 heterocycles. The van der Waals surface area contributed by atoms with Crippen molar-refractivity contribution >= 4 is 75.9 Å². The van der Waals surface area contributed by atoms with Crippen LogP contribution < -0.4 is 0 Å². The standard InChI is InChI=1S/C57H38N2/c1-57(2)51-20-10-7-17-44(51)48-33-50-46-19-9-11-21-53(46)58(56(50)34-52(48)57)37-26-23-35(24-27-37)36-25-30-55-49(31-36)45-18-8-12-22-54(45)59(55)38-28-29-43-41-15-4-3-13-39(41)40-14-5-6-16-42(40)47(43)32-38/h3-34H,1-2H3. The summed E-state index contributed by atoms with van der Waals surface area (Å²) in [6.07, 6.45) is 0.